The first-order chi connectivity index (χ1) is 9.69. The number of benzene rings is 1. The van der Waals surface area contributed by atoms with Crippen molar-refractivity contribution in [1.82, 2.24) is 14.9 Å². The summed E-state index contributed by atoms with van der Waals surface area (Å²) in [5.74, 6) is 0.919. The van der Waals surface area contributed by atoms with E-state index in [2.05, 4.69) is 47.8 Å². The fraction of sp³-hybridized carbons (Fsp3) is 0.438. The number of hydrogen-bond donors (Lipinski definition) is 1. The molecule has 1 heterocycles. The molecule has 0 bridgehead atoms. The summed E-state index contributed by atoms with van der Waals surface area (Å²) in [6.07, 6.45) is 3.77. The molecule has 1 atom stereocenters. The molecule has 1 aromatic heterocycles. The van der Waals surface area contributed by atoms with Gasteiger partial charge in [0.05, 0.1) is 12.0 Å². The fourth-order valence-corrected chi connectivity index (χ4v) is 1.97. The van der Waals surface area contributed by atoms with Crippen molar-refractivity contribution in [2.45, 2.75) is 39.9 Å². The van der Waals surface area contributed by atoms with Gasteiger partial charge in [0.25, 0.3) is 0 Å². The van der Waals surface area contributed by atoms with Crippen LogP contribution in [-0.4, -0.2) is 22.2 Å². The van der Waals surface area contributed by atoms with E-state index in [9.17, 15) is 0 Å². The Hall–Kier alpha value is -1.81. The van der Waals surface area contributed by atoms with Gasteiger partial charge < -0.3 is 14.6 Å². The average molecular weight is 273 g/mol. The van der Waals surface area contributed by atoms with Gasteiger partial charge in [-0.3, -0.25) is 0 Å². The number of imidazole rings is 1. The lowest BCUT2D eigenvalue weighted by Gasteiger charge is -2.15. The topological polar surface area (TPSA) is 39.1 Å². The van der Waals surface area contributed by atoms with Crippen LogP contribution in [-0.2, 0) is 13.1 Å². The van der Waals surface area contributed by atoms with Crippen LogP contribution in [0.2, 0.25) is 0 Å². The molecule has 2 rings (SSSR count). The summed E-state index contributed by atoms with van der Waals surface area (Å²) in [6, 6.07) is 8.43. The highest BCUT2D eigenvalue weighted by molar-refractivity contribution is 5.26. The van der Waals surface area contributed by atoms with Crippen molar-refractivity contribution in [2.75, 3.05) is 6.61 Å². The van der Waals surface area contributed by atoms with E-state index in [4.69, 9.17) is 4.74 Å². The Morgan fingerprint density at radius 1 is 1.30 bits per heavy atom. The van der Waals surface area contributed by atoms with Gasteiger partial charge in [-0.05, 0) is 32.9 Å². The quantitative estimate of drug-likeness (QED) is 0.843. The first kappa shape index (κ1) is 14.6. The number of rotatable bonds is 7. The molecular weight excluding hydrogens is 250 g/mol. The van der Waals surface area contributed by atoms with E-state index in [0.29, 0.717) is 6.61 Å². The molecule has 0 saturated heterocycles. The van der Waals surface area contributed by atoms with E-state index in [-0.39, 0.29) is 6.04 Å². The van der Waals surface area contributed by atoms with Crippen molar-refractivity contribution >= 4 is 0 Å². The zero-order valence-corrected chi connectivity index (χ0v) is 12.5. The Labute approximate surface area is 120 Å². The van der Waals surface area contributed by atoms with Crippen LogP contribution in [0.1, 0.15) is 25.1 Å². The summed E-state index contributed by atoms with van der Waals surface area (Å²) in [6.45, 7) is 8.74. The van der Waals surface area contributed by atoms with Crippen LogP contribution in [0, 0.1) is 6.92 Å². The summed E-state index contributed by atoms with van der Waals surface area (Å²) in [5.41, 5.74) is 2.45. The van der Waals surface area contributed by atoms with E-state index >= 15 is 0 Å². The summed E-state index contributed by atoms with van der Waals surface area (Å²) < 4.78 is 7.90. The molecular formula is C16H23N3O. The maximum absolute atomic E-state index is 5.76. The molecule has 108 valence electrons. The Bertz CT molecular complexity index is 519. The number of nitrogens with one attached hydrogen (secondary N) is 1. The maximum Gasteiger partial charge on any atom is 0.119 e. The Morgan fingerprint density at radius 3 is 2.75 bits per heavy atom. The van der Waals surface area contributed by atoms with Crippen molar-refractivity contribution in [1.29, 1.82) is 0 Å². The van der Waals surface area contributed by atoms with Crippen molar-refractivity contribution in [3.8, 4) is 5.75 Å². The predicted octanol–water partition coefficient (Wildman–Crippen LogP) is 2.77. The summed E-state index contributed by atoms with van der Waals surface area (Å²) in [4.78, 5) is 4.16. The largest absolute Gasteiger partial charge is 0.492 e. The first-order valence-electron chi connectivity index (χ1n) is 7.11. The third kappa shape index (κ3) is 4.10. The maximum atomic E-state index is 5.76. The Kier molecular flexibility index (Phi) is 5.18. The summed E-state index contributed by atoms with van der Waals surface area (Å²) >= 11 is 0. The van der Waals surface area contributed by atoms with Gasteiger partial charge >= 0.3 is 0 Å². The molecule has 0 aliphatic rings. The minimum Gasteiger partial charge on any atom is -0.492 e. The van der Waals surface area contributed by atoms with E-state index < -0.39 is 0 Å². The summed E-state index contributed by atoms with van der Waals surface area (Å²) in [5, 5.41) is 3.46. The number of aromatic nitrogens is 2. The standard InChI is InChI=1S/C16H23N3O/c1-4-19-12-17-9-15(19)10-18-14(3)11-20-16-7-5-13(2)6-8-16/h5-9,12,14,18H,4,10-11H2,1-3H3. The second-order valence-electron chi connectivity index (χ2n) is 5.08. The molecule has 0 aliphatic carbocycles. The van der Waals surface area contributed by atoms with Gasteiger partial charge in [0.15, 0.2) is 0 Å². The second-order valence-corrected chi connectivity index (χ2v) is 5.08. The predicted molar refractivity (Wildman–Crippen MR) is 80.9 cm³/mol. The molecule has 2 aromatic rings. The van der Waals surface area contributed by atoms with E-state index in [1.165, 1.54) is 11.3 Å². The van der Waals surface area contributed by atoms with E-state index in [1.54, 1.807) is 0 Å². The zero-order valence-electron chi connectivity index (χ0n) is 12.5. The van der Waals surface area contributed by atoms with Crippen LogP contribution in [0.4, 0.5) is 0 Å². The average Bonchev–Trinajstić information content (AvgIpc) is 2.92. The van der Waals surface area contributed by atoms with Gasteiger partial charge in [-0.2, -0.15) is 0 Å². The van der Waals surface area contributed by atoms with Crippen molar-refractivity contribution < 1.29 is 4.74 Å². The van der Waals surface area contributed by atoms with Gasteiger partial charge in [-0.15, -0.1) is 0 Å². The van der Waals surface area contributed by atoms with Crippen LogP contribution in [0.25, 0.3) is 0 Å². The zero-order chi connectivity index (χ0) is 14.4. The lowest BCUT2D eigenvalue weighted by atomic mass is 10.2. The molecule has 0 aliphatic heterocycles. The van der Waals surface area contributed by atoms with Crippen molar-refractivity contribution in [3.05, 3.63) is 48.0 Å². The Morgan fingerprint density at radius 2 is 2.05 bits per heavy atom. The lowest BCUT2D eigenvalue weighted by Crippen LogP contribution is -2.32. The van der Waals surface area contributed by atoms with Gasteiger partial charge in [-0.1, -0.05) is 17.7 Å². The van der Waals surface area contributed by atoms with Crippen LogP contribution in [0.3, 0.4) is 0 Å². The normalized spacial score (nSPS) is 12.3. The Balaban J connectivity index is 1.75. The molecule has 4 heteroatoms. The van der Waals surface area contributed by atoms with Crippen LogP contribution in [0.5, 0.6) is 5.75 Å². The van der Waals surface area contributed by atoms with Gasteiger partial charge in [0.1, 0.15) is 12.4 Å². The molecule has 0 saturated carbocycles. The molecule has 20 heavy (non-hydrogen) atoms. The van der Waals surface area contributed by atoms with Crippen molar-refractivity contribution in [3.63, 3.8) is 0 Å². The molecule has 0 spiro atoms. The molecule has 0 fully saturated rings. The highest BCUT2D eigenvalue weighted by atomic mass is 16.5. The van der Waals surface area contributed by atoms with Gasteiger partial charge in [0, 0.05) is 25.3 Å². The molecule has 0 amide bonds. The van der Waals surface area contributed by atoms with Crippen LogP contribution >= 0.6 is 0 Å². The smallest absolute Gasteiger partial charge is 0.119 e. The summed E-state index contributed by atoms with van der Waals surface area (Å²) in [7, 11) is 0. The third-order valence-corrected chi connectivity index (χ3v) is 3.29. The minimum atomic E-state index is 0.288. The lowest BCUT2D eigenvalue weighted by molar-refractivity contribution is 0.271. The number of ether oxygens (including phenoxy) is 1. The minimum absolute atomic E-state index is 0.288. The molecule has 1 N–H and O–H groups in total. The second kappa shape index (κ2) is 7.10. The number of aryl methyl sites for hydroxylation is 2. The third-order valence-electron chi connectivity index (χ3n) is 3.29. The monoisotopic (exact) mass is 273 g/mol. The first-order valence-corrected chi connectivity index (χ1v) is 7.11. The highest BCUT2D eigenvalue weighted by Gasteiger charge is 2.05. The molecule has 1 aromatic carbocycles. The number of hydrogen-bond acceptors (Lipinski definition) is 3. The van der Waals surface area contributed by atoms with Crippen LogP contribution in [0.15, 0.2) is 36.8 Å². The van der Waals surface area contributed by atoms with Crippen molar-refractivity contribution in [2.24, 2.45) is 0 Å². The van der Waals surface area contributed by atoms with E-state index in [1.807, 2.05) is 24.7 Å². The SMILES string of the molecule is CCn1cncc1CNC(C)COc1ccc(C)cc1. The van der Waals surface area contributed by atoms with Gasteiger partial charge in [-0.25, -0.2) is 4.98 Å². The van der Waals surface area contributed by atoms with E-state index in [0.717, 1.165) is 18.8 Å². The van der Waals surface area contributed by atoms with Crippen LogP contribution < -0.4 is 10.1 Å². The molecule has 0 radical (unpaired) electrons. The highest BCUT2D eigenvalue weighted by Crippen LogP contribution is 2.11. The molecule has 4 nitrogen and oxygen atoms in total. The van der Waals surface area contributed by atoms with Gasteiger partial charge in [0.2, 0.25) is 0 Å². The fourth-order valence-electron chi connectivity index (χ4n) is 1.97. The molecule has 1 unspecified atom stereocenters. The number of nitrogens with zero attached hydrogens (tertiary/aromatic N) is 2.